The summed E-state index contributed by atoms with van der Waals surface area (Å²) in [5.41, 5.74) is 0. The Kier molecular flexibility index (Phi) is 1.97. The van der Waals surface area contributed by atoms with E-state index in [1.54, 1.807) is 22.7 Å². The highest BCUT2D eigenvalue weighted by molar-refractivity contribution is 7.82. The van der Waals surface area contributed by atoms with E-state index in [1.807, 2.05) is 0 Å². The van der Waals surface area contributed by atoms with Gasteiger partial charge >= 0.3 is 0 Å². The monoisotopic (exact) mass is 179 g/mol. The van der Waals surface area contributed by atoms with E-state index in [0.717, 1.165) is 0 Å². The molecule has 0 nitrogen and oxygen atoms in total. The summed E-state index contributed by atoms with van der Waals surface area (Å²) >= 11 is 3.54. The van der Waals surface area contributed by atoms with Gasteiger partial charge in [-0.15, -0.1) is 11.3 Å². The van der Waals surface area contributed by atoms with Crippen molar-refractivity contribution >= 4 is 34.1 Å². The zero-order valence-corrected chi connectivity index (χ0v) is 7.49. The maximum absolute atomic E-state index is 2.20. The van der Waals surface area contributed by atoms with Crippen molar-refractivity contribution in [2.75, 3.05) is 0 Å². The summed E-state index contributed by atoms with van der Waals surface area (Å²) in [6.07, 6.45) is 6.41. The van der Waals surface area contributed by atoms with E-state index in [2.05, 4.69) is 41.1 Å². The van der Waals surface area contributed by atoms with Crippen LogP contribution in [-0.2, 0) is 11.4 Å². The molecule has 0 amide bonds. The van der Waals surface area contributed by atoms with Gasteiger partial charge in [0.15, 0.2) is 5.37 Å². The Morgan fingerprint density at radius 3 is 3.09 bits per heavy atom. The Hall–Kier alpha value is -0.730. The summed E-state index contributed by atoms with van der Waals surface area (Å²) < 4.78 is 0. The second-order valence-electron chi connectivity index (χ2n) is 2.18. The summed E-state index contributed by atoms with van der Waals surface area (Å²) in [6, 6.07) is 4.20. The Morgan fingerprint density at radius 2 is 2.45 bits per heavy atom. The van der Waals surface area contributed by atoms with E-state index < -0.39 is 0 Å². The van der Waals surface area contributed by atoms with Crippen LogP contribution in [0.25, 0.3) is 6.08 Å². The van der Waals surface area contributed by atoms with E-state index in [4.69, 9.17) is 0 Å². The molecule has 0 saturated carbocycles. The fourth-order valence-electron chi connectivity index (χ4n) is 0.887. The molecule has 11 heavy (non-hydrogen) atoms. The molecule has 1 aliphatic heterocycles. The number of allylic oxidation sites excluding steroid dienone is 2. The molecule has 1 aromatic rings. The van der Waals surface area contributed by atoms with Gasteiger partial charge in [0.25, 0.3) is 0 Å². The number of rotatable bonds is 1. The molecule has 0 aromatic carbocycles. The summed E-state index contributed by atoms with van der Waals surface area (Å²) in [7, 11) is 0. The molecule has 1 aromatic heterocycles. The highest BCUT2D eigenvalue weighted by Crippen LogP contribution is 2.14. The molecule has 54 valence electrons. The first kappa shape index (κ1) is 6.95. The van der Waals surface area contributed by atoms with Crippen LogP contribution >= 0.6 is 11.3 Å². The van der Waals surface area contributed by atoms with E-state index in [0.29, 0.717) is 0 Å². The average Bonchev–Trinajstić information content (AvgIpc) is 2.60. The first-order valence-electron chi connectivity index (χ1n) is 3.37. The van der Waals surface area contributed by atoms with Crippen molar-refractivity contribution < 1.29 is 0 Å². The van der Waals surface area contributed by atoms with E-state index in [1.165, 1.54) is 9.78 Å². The molecular formula is C9H7S2+. The molecule has 0 radical (unpaired) electrons. The maximum Gasteiger partial charge on any atom is 0.232 e. The highest BCUT2D eigenvalue weighted by Gasteiger charge is 2.06. The second-order valence-corrected chi connectivity index (χ2v) is 4.13. The van der Waals surface area contributed by atoms with Crippen LogP contribution in [0.5, 0.6) is 0 Å². The maximum atomic E-state index is 2.20. The fraction of sp³-hybridized carbons (Fsp3) is 0. The zero-order chi connectivity index (χ0) is 7.52. The summed E-state index contributed by atoms with van der Waals surface area (Å²) in [5.74, 6) is 0. The van der Waals surface area contributed by atoms with Crippen molar-refractivity contribution in [2.45, 2.75) is 0 Å². The van der Waals surface area contributed by atoms with Crippen LogP contribution in [0.2, 0.25) is 0 Å². The summed E-state index contributed by atoms with van der Waals surface area (Å²) in [4.78, 5) is 2.65. The first-order chi connectivity index (χ1) is 5.45. The van der Waals surface area contributed by atoms with E-state index >= 15 is 0 Å². The van der Waals surface area contributed by atoms with Crippen molar-refractivity contribution in [3.05, 3.63) is 39.4 Å². The Labute approximate surface area is 73.8 Å². The van der Waals surface area contributed by atoms with E-state index in [9.17, 15) is 0 Å². The van der Waals surface area contributed by atoms with Gasteiger partial charge in [0, 0.05) is 23.1 Å². The predicted octanol–water partition coefficient (Wildman–Crippen LogP) is 2.54. The lowest BCUT2D eigenvalue weighted by Gasteiger charge is -1.76. The van der Waals surface area contributed by atoms with E-state index in [-0.39, 0.29) is 0 Å². The van der Waals surface area contributed by atoms with Gasteiger partial charge in [0.1, 0.15) is 0 Å². The lowest BCUT2D eigenvalue weighted by atomic mass is 10.4. The smallest absolute Gasteiger partial charge is 0.144 e. The quantitative estimate of drug-likeness (QED) is 0.459. The van der Waals surface area contributed by atoms with Gasteiger partial charge in [0.2, 0.25) is 16.3 Å². The molecule has 0 N–H and O–H groups in total. The third-order valence-electron chi connectivity index (χ3n) is 1.37. The molecule has 0 bridgehead atoms. The van der Waals surface area contributed by atoms with Crippen molar-refractivity contribution in [3.63, 3.8) is 0 Å². The lowest BCUT2D eigenvalue weighted by molar-refractivity contribution is 1.92. The van der Waals surface area contributed by atoms with Crippen LogP contribution < -0.4 is 0 Å². The predicted molar refractivity (Wildman–Crippen MR) is 54.9 cm³/mol. The molecule has 2 rings (SSSR count). The molecule has 0 atom stereocenters. The second kappa shape index (κ2) is 3.11. The summed E-state index contributed by atoms with van der Waals surface area (Å²) in [6.45, 7) is 0. The SMILES string of the molecule is C1=C/C(=C/c2cccs2)[S+]=C1. The molecule has 2 heteroatoms. The van der Waals surface area contributed by atoms with Gasteiger partial charge in [-0.25, -0.2) is 0 Å². The van der Waals surface area contributed by atoms with Crippen LogP contribution in [0.3, 0.4) is 0 Å². The van der Waals surface area contributed by atoms with Gasteiger partial charge < -0.3 is 0 Å². The van der Waals surface area contributed by atoms with Gasteiger partial charge in [-0.1, -0.05) is 6.07 Å². The fourth-order valence-corrected chi connectivity index (χ4v) is 2.29. The minimum Gasteiger partial charge on any atom is -0.144 e. The van der Waals surface area contributed by atoms with Crippen molar-refractivity contribution in [1.29, 1.82) is 0 Å². The minimum absolute atomic E-state index is 1.33. The Bertz CT molecular complexity index is 301. The first-order valence-corrected chi connectivity index (χ1v) is 5.13. The molecule has 0 fully saturated rings. The van der Waals surface area contributed by atoms with Crippen LogP contribution in [0.15, 0.2) is 34.6 Å². The van der Waals surface area contributed by atoms with Gasteiger partial charge in [-0.3, -0.25) is 0 Å². The lowest BCUT2D eigenvalue weighted by Crippen LogP contribution is -1.67. The Morgan fingerprint density at radius 1 is 1.45 bits per heavy atom. The van der Waals surface area contributed by atoms with Crippen LogP contribution in [0, 0.1) is 0 Å². The Balaban J connectivity index is 2.28. The molecule has 0 aliphatic carbocycles. The largest absolute Gasteiger partial charge is 0.232 e. The van der Waals surface area contributed by atoms with Crippen LogP contribution in [0.4, 0.5) is 0 Å². The number of hydrogen-bond acceptors (Lipinski definition) is 1. The zero-order valence-electron chi connectivity index (χ0n) is 5.86. The summed E-state index contributed by atoms with van der Waals surface area (Å²) in [5, 5.41) is 4.19. The van der Waals surface area contributed by atoms with Crippen LogP contribution in [0.1, 0.15) is 4.88 Å². The number of thiophene rings is 1. The average molecular weight is 179 g/mol. The standard InChI is InChI=1S/C9H7S2/c1-3-8(10-5-1)7-9-4-2-6-11-9/h1-7H/q+1. The van der Waals surface area contributed by atoms with Gasteiger partial charge in [-0.2, -0.15) is 0 Å². The number of hydrogen-bond donors (Lipinski definition) is 0. The van der Waals surface area contributed by atoms with Crippen molar-refractivity contribution in [2.24, 2.45) is 0 Å². The molecule has 0 spiro atoms. The molecule has 0 saturated heterocycles. The van der Waals surface area contributed by atoms with Gasteiger partial charge in [-0.05, 0) is 11.4 Å². The van der Waals surface area contributed by atoms with Crippen LogP contribution in [-0.4, -0.2) is 5.37 Å². The molecule has 0 unspecified atom stereocenters. The highest BCUT2D eigenvalue weighted by atomic mass is 32.1. The minimum atomic E-state index is 1.33. The van der Waals surface area contributed by atoms with Gasteiger partial charge in [0.05, 0.1) is 0 Å². The molecule has 1 aliphatic rings. The third kappa shape index (κ3) is 1.64. The van der Waals surface area contributed by atoms with Crippen molar-refractivity contribution in [1.82, 2.24) is 0 Å². The topological polar surface area (TPSA) is 0 Å². The third-order valence-corrected chi connectivity index (χ3v) is 3.01. The normalized spacial score (nSPS) is 18.4. The molecular weight excluding hydrogens is 172 g/mol. The van der Waals surface area contributed by atoms with Crippen molar-refractivity contribution in [3.8, 4) is 0 Å². The molecule has 2 heterocycles.